The molecule has 1 aliphatic heterocycles. The number of alkyl halides is 2. The van der Waals surface area contributed by atoms with Crippen LogP contribution in [0.15, 0.2) is 23.1 Å². The summed E-state index contributed by atoms with van der Waals surface area (Å²) >= 11 is 5.95. The molecule has 1 saturated heterocycles. The zero-order valence-electron chi connectivity index (χ0n) is 13.7. The number of nitrogens with one attached hydrogen (secondary N) is 2. The highest BCUT2D eigenvalue weighted by Gasteiger charge is 2.28. The Kier molecular flexibility index (Phi) is 6.90. The van der Waals surface area contributed by atoms with E-state index >= 15 is 0 Å². The number of nitrogens with zero attached hydrogens (tertiary/aromatic N) is 1. The first kappa shape index (κ1) is 20.5. The van der Waals surface area contributed by atoms with Crippen molar-refractivity contribution >= 4 is 33.4 Å². The van der Waals surface area contributed by atoms with Crippen LogP contribution in [0.4, 0.5) is 8.78 Å². The van der Waals surface area contributed by atoms with Gasteiger partial charge in [-0.05, 0) is 31.0 Å². The summed E-state index contributed by atoms with van der Waals surface area (Å²) in [5.41, 5.74) is -0.117. The van der Waals surface area contributed by atoms with E-state index < -0.39 is 41.4 Å². The van der Waals surface area contributed by atoms with Crippen molar-refractivity contribution in [3.05, 3.63) is 28.8 Å². The predicted molar refractivity (Wildman–Crippen MR) is 90.8 cm³/mol. The first-order valence-electron chi connectivity index (χ1n) is 7.84. The quantitative estimate of drug-likeness (QED) is 0.708. The van der Waals surface area contributed by atoms with Crippen LogP contribution in [0.25, 0.3) is 0 Å². The van der Waals surface area contributed by atoms with Gasteiger partial charge in [-0.1, -0.05) is 11.6 Å². The Bertz CT molecular complexity index is 783. The van der Waals surface area contributed by atoms with Gasteiger partial charge in [-0.3, -0.25) is 9.59 Å². The van der Waals surface area contributed by atoms with Crippen LogP contribution >= 0.6 is 11.6 Å². The highest BCUT2D eigenvalue weighted by Crippen LogP contribution is 2.25. The second-order valence-corrected chi connectivity index (χ2v) is 7.98. The number of benzene rings is 1. The molecule has 0 aromatic heterocycles. The second kappa shape index (κ2) is 8.74. The van der Waals surface area contributed by atoms with Crippen molar-refractivity contribution in [2.45, 2.75) is 24.2 Å². The molecule has 7 nitrogen and oxygen atoms in total. The zero-order valence-corrected chi connectivity index (χ0v) is 15.2. The largest absolute Gasteiger partial charge is 0.349 e. The van der Waals surface area contributed by atoms with Gasteiger partial charge in [0.1, 0.15) is 0 Å². The lowest BCUT2D eigenvalue weighted by Crippen LogP contribution is -2.38. The van der Waals surface area contributed by atoms with Crippen LogP contribution < -0.4 is 10.6 Å². The minimum atomic E-state index is -3.73. The Morgan fingerprint density at radius 3 is 2.46 bits per heavy atom. The molecular formula is C15H18ClF2N3O4S. The van der Waals surface area contributed by atoms with E-state index in [0.29, 0.717) is 13.1 Å². The summed E-state index contributed by atoms with van der Waals surface area (Å²) in [6.07, 6.45) is -1.15. The van der Waals surface area contributed by atoms with Gasteiger partial charge in [0.05, 0.1) is 28.6 Å². The third-order valence-electron chi connectivity index (χ3n) is 3.75. The molecule has 1 heterocycles. The first-order valence-corrected chi connectivity index (χ1v) is 9.66. The van der Waals surface area contributed by atoms with E-state index in [9.17, 15) is 26.8 Å². The standard InChI is InChI=1S/C15H18ClF2N3O4S/c16-12-4-3-10(26(24,25)21-5-1-2-6-21)7-11(12)15(23)20-9-14(22)19-8-13(17)18/h3-4,7,13H,1-2,5-6,8-9H2,(H,19,22)(H,20,23). The lowest BCUT2D eigenvalue weighted by Gasteiger charge is -2.16. The number of rotatable bonds is 7. The number of carbonyl (C=O) groups is 2. The Hall–Kier alpha value is -1.78. The molecule has 0 unspecified atom stereocenters. The van der Waals surface area contributed by atoms with Gasteiger partial charge >= 0.3 is 0 Å². The Morgan fingerprint density at radius 2 is 1.85 bits per heavy atom. The van der Waals surface area contributed by atoms with Crippen molar-refractivity contribution in [3.8, 4) is 0 Å². The summed E-state index contributed by atoms with van der Waals surface area (Å²) in [6, 6.07) is 3.74. The van der Waals surface area contributed by atoms with E-state index in [1.807, 2.05) is 5.32 Å². The summed E-state index contributed by atoms with van der Waals surface area (Å²) in [5.74, 6) is -1.57. The van der Waals surface area contributed by atoms with Gasteiger partial charge in [0, 0.05) is 13.1 Å². The molecule has 1 aliphatic rings. The van der Waals surface area contributed by atoms with Crippen molar-refractivity contribution in [2.24, 2.45) is 0 Å². The number of sulfonamides is 1. The van der Waals surface area contributed by atoms with E-state index in [1.165, 1.54) is 16.4 Å². The maximum atomic E-state index is 12.6. The van der Waals surface area contributed by atoms with Gasteiger partial charge in [-0.2, -0.15) is 4.31 Å². The minimum absolute atomic E-state index is 0.0101. The highest BCUT2D eigenvalue weighted by molar-refractivity contribution is 7.89. The van der Waals surface area contributed by atoms with Gasteiger partial charge in [-0.15, -0.1) is 0 Å². The van der Waals surface area contributed by atoms with Gasteiger partial charge in [0.2, 0.25) is 15.9 Å². The van der Waals surface area contributed by atoms with E-state index in [1.54, 1.807) is 0 Å². The van der Waals surface area contributed by atoms with E-state index in [0.717, 1.165) is 18.9 Å². The van der Waals surface area contributed by atoms with Crippen LogP contribution in [0.3, 0.4) is 0 Å². The molecule has 2 rings (SSSR count). The van der Waals surface area contributed by atoms with Crippen molar-refractivity contribution in [3.63, 3.8) is 0 Å². The monoisotopic (exact) mass is 409 g/mol. The van der Waals surface area contributed by atoms with Gasteiger partial charge < -0.3 is 10.6 Å². The predicted octanol–water partition coefficient (Wildman–Crippen LogP) is 1.24. The van der Waals surface area contributed by atoms with E-state index in [2.05, 4.69) is 5.32 Å². The Labute approximate surface area is 154 Å². The maximum absolute atomic E-state index is 12.6. The molecule has 2 N–H and O–H groups in total. The van der Waals surface area contributed by atoms with E-state index in [-0.39, 0.29) is 15.5 Å². The van der Waals surface area contributed by atoms with Crippen molar-refractivity contribution in [1.29, 1.82) is 0 Å². The molecule has 0 aliphatic carbocycles. The van der Waals surface area contributed by atoms with Crippen molar-refractivity contribution in [1.82, 2.24) is 14.9 Å². The highest BCUT2D eigenvalue weighted by atomic mass is 35.5. The lowest BCUT2D eigenvalue weighted by atomic mass is 10.2. The number of carbonyl (C=O) groups excluding carboxylic acids is 2. The second-order valence-electron chi connectivity index (χ2n) is 5.63. The third kappa shape index (κ3) is 5.12. The molecule has 0 radical (unpaired) electrons. The van der Waals surface area contributed by atoms with Crippen LogP contribution in [0.5, 0.6) is 0 Å². The topological polar surface area (TPSA) is 95.6 Å². The summed E-state index contributed by atoms with van der Waals surface area (Å²) in [7, 11) is -3.73. The van der Waals surface area contributed by atoms with E-state index in [4.69, 9.17) is 11.6 Å². The molecule has 0 spiro atoms. The molecule has 0 saturated carbocycles. The first-order chi connectivity index (χ1) is 12.2. The molecule has 2 amide bonds. The van der Waals surface area contributed by atoms with Crippen LogP contribution in [0, 0.1) is 0 Å². The summed E-state index contributed by atoms with van der Waals surface area (Å²) in [6.45, 7) is -0.530. The smallest absolute Gasteiger partial charge is 0.255 e. The van der Waals surface area contributed by atoms with Crippen molar-refractivity contribution in [2.75, 3.05) is 26.2 Å². The van der Waals surface area contributed by atoms with Crippen LogP contribution in [-0.2, 0) is 14.8 Å². The Morgan fingerprint density at radius 1 is 1.19 bits per heavy atom. The minimum Gasteiger partial charge on any atom is -0.349 e. The molecule has 26 heavy (non-hydrogen) atoms. The number of halogens is 3. The molecule has 1 aromatic rings. The molecular weight excluding hydrogens is 392 g/mol. The normalized spacial score (nSPS) is 15.2. The average Bonchev–Trinajstić information content (AvgIpc) is 3.13. The summed E-state index contributed by atoms with van der Waals surface area (Å²) in [5, 5.41) is 4.17. The average molecular weight is 410 g/mol. The van der Waals surface area contributed by atoms with Crippen molar-refractivity contribution < 1.29 is 26.8 Å². The maximum Gasteiger partial charge on any atom is 0.255 e. The molecule has 11 heteroatoms. The molecule has 144 valence electrons. The zero-order chi connectivity index (χ0) is 19.3. The molecule has 0 bridgehead atoms. The summed E-state index contributed by atoms with van der Waals surface area (Å²) < 4.78 is 50.5. The van der Waals surface area contributed by atoms with Gasteiger partial charge in [0.15, 0.2) is 0 Å². The SMILES string of the molecule is O=C(CNC(=O)c1cc(S(=O)(=O)N2CCCC2)ccc1Cl)NCC(F)F. The fraction of sp³-hybridized carbons (Fsp3) is 0.467. The fourth-order valence-electron chi connectivity index (χ4n) is 2.43. The van der Waals surface area contributed by atoms with Gasteiger partial charge in [-0.25, -0.2) is 17.2 Å². The van der Waals surface area contributed by atoms with Crippen LogP contribution in [0.2, 0.25) is 5.02 Å². The van der Waals surface area contributed by atoms with Gasteiger partial charge in [0.25, 0.3) is 12.3 Å². The van der Waals surface area contributed by atoms with Crippen LogP contribution in [-0.4, -0.2) is 57.1 Å². The molecule has 0 atom stereocenters. The fourth-order valence-corrected chi connectivity index (χ4v) is 4.17. The number of hydrogen-bond donors (Lipinski definition) is 2. The lowest BCUT2D eigenvalue weighted by molar-refractivity contribution is -0.120. The van der Waals surface area contributed by atoms with Crippen LogP contribution in [0.1, 0.15) is 23.2 Å². The molecule has 1 aromatic carbocycles. The molecule has 1 fully saturated rings. The number of amides is 2. The Balaban J connectivity index is 2.09. The third-order valence-corrected chi connectivity index (χ3v) is 5.97. The number of hydrogen-bond acceptors (Lipinski definition) is 4. The summed E-state index contributed by atoms with van der Waals surface area (Å²) in [4.78, 5) is 23.5.